The summed E-state index contributed by atoms with van der Waals surface area (Å²) < 4.78 is 16.4. The molecule has 106 valence electrons. The third-order valence-corrected chi connectivity index (χ3v) is 3.57. The highest BCUT2D eigenvalue weighted by atomic mass is 16.5. The first kappa shape index (κ1) is 14.0. The Bertz CT molecular complexity index is 449. The van der Waals surface area contributed by atoms with Crippen LogP contribution >= 0.6 is 0 Å². The SMILES string of the molecule is COc1cc(OC)c(OC)c2c1CN(CCN)CC2. The van der Waals surface area contributed by atoms with Crippen molar-refractivity contribution in [2.24, 2.45) is 5.73 Å². The third-order valence-electron chi connectivity index (χ3n) is 3.57. The molecule has 0 bridgehead atoms. The molecule has 0 saturated heterocycles. The number of hydrogen-bond donors (Lipinski definition) is 1. The van der Waals surface area contributed by atoms with Crippen LogP contribution < -0.4 is 19.9 Å². The summed E-state index contributed by atoms with van der Waals surface area (Å²) in [6.07, 6.45) is 0.923. The summed E-state index contributed by atoms with van der Waals surface area (Å²) in [5.41, 5.74) is 8.00. The van der Waals surface area contributed by atoms with E-state index in [4.69, 9.17) is 19.9 Å². The van der Waals surface area contributed by atoms with Gasteiger partial charge in [-0.3, -0.25) is 4.90 Å². The van der Waals surface area contributed by atoms with E-state index in [2.05, 4.69) is 4.90 Å². The van der Waals surface area contributed by atoms with Crippen LogP contribution in [0.15, 0.2) is 6.07 Å². The molecule has 0 saturated carbocycles. The second-order valence-corrected chi connectivity index (χ2v) is 4.59. The smallest absolute Gasteiger partial charge is 0.164 e. The Morgan fingerprint density at radius 1 is 1.11 bits per heavy atom. The largest absolute Gasteiger partial charge is 0.496 e. The van der Waals surface area contributed by atoms with Gasteiger partial charge in [-0.15, -0.1) is 0 Å². The van der Waals surface area contributed by atoms with Crippen LogP contribution in [0.4, 0.5) is 0 Å². The van der Waals surface area contributed by atoms with Crippen molar-refractivity contribution in [2.75, 3.05) is 41.0 Å². The quantitative estimate of drug-likeness (QED) is 0.862. The average molecular weight is 266 g/mol. The second-order valence-electron chi connectivity index (χ2n) is 4.59. The van der Waals surface area contributed by atoms with Gasteiger partial charge in [-0.25, -0.2) is 0 Å². The lowest BCUT2D eigenvalue weighted by Gasteiger charge is -2.31. The van der Waals surface area contributed by atoms with Crippen LogP contribution in [0.2, 0.25) is 0 Å². The van der Waals surface area contributed by atoms with Crippen molar-refractivity contribution < 1.29 is 14.2 Å². The molecule has 0 aromatic heterocycles. The van der Waals surface area contributed by atoms with Crippen LogP contribution in [-0.2, 0) is 13.0 Å². The molecule has 0 spiro atoms. The topological polar surface area (TPSA) is 57.0 Å². The molecule has 0 radical (unpaired) electrons. The number of fused-ring (bicyclic) bond motifs is 1. The monoisotopic (exact) mass is 266 g/mol. The van der Waals surface area contributed by atoms with E-state index in [0.29, 0.717) is 6.54 Å². The maximum Gasteiger partial charge on any atom is 0.164 e. The minimum atomic E-state index is 0.672. The number of nitrogens with zero attached hydrogens (tertiary/aromatic N) is 1. The Balaban J connectivity index is 2.44. The highest BCUT2D eigenvalue weighted by molar-refractivity contribution is 5.58. The number of benzene rings is 1. The van der Waals surface area contributed by atoms with Gasteiger partial charge in [0, 0.05) is 43.4 Å². The van der Waals surface area contributed by atoms with E-state index in [1.54, 1.807) is 21.3 Å². The lowest BCUT2D eigenvalue weighted by atomic mass is 9.97. The summed E-state index contributed by atoms with van der Waals surface area (Å²) >= 11 is 0. The molecule has 19 heavy (non-hydrogen) atoms. The molecule has 0 amide bonds. The molecule has 0 fully saturated rings. The molecule has 2 rings (SSSR count). The van der Waals surface area contributed by atoms with Crippen molar-refractivity contribution >= 4 is 0 Å². The Labute approximate surface area is 114 Å². The maximum absolute atomic E-state index is 5.63. The first-order valence-electron chi connectivity index (χ1n) is 6.48. The van der Waals surface area contributed by atoms with E-state index < -0.39 is 0 Å². The zero-order valence-corrected chi connectivity index (χ0v) is 11.9. The Kier molecular flexibility index (Phi) is 4.50. The van der Waals surface area contributed by atoms with Gasteiger partial charge in [0.1, 0.15) is 5.75 Å². The second kappa shape index (κ2) is 6.12. The molecule has 0 atom stereocenters. The molecule has 5 nitrogen and oxygen atoms in total. The molecular weight excluding hydrogens is 244 g/mol. The molecule has 5 heteroatoms. The van der Waals surface area contributed by atoms with Crippen LogP contribution in [0.25, 0.3) is 0 Å². The molecular formula is C14H22N2O3. The van der Waals surface area contributed by atoms with Gasteiger partial charge in [-0.2, -0.15) is 0 Å². The van der Waals surface area contributed by atoms with Gasteiger partial charge in [0.25, 0.3) is 0 Å². The highest BCUT2D eigenvalue weighted by Crippen LogP contribution is 2.41. The van der Waals surface area contributed by atoms with Gasteiger partial charge >= 0.3 is 0 Å². The van der Waals surface area contributed by atoms with Crippen LogP contribution in [0.5, 0.6) is 17.2 Å². The first-order chi connectivity index (χ1) is 9.24. The molecule has 1 heterocycles. The fourth-order valence-electron chi connectivity index (χ4n) is 2.65. The molecule has 0 aliphatic carbocycles. The zero-order chi connectivity index (χ0) is 13.8. The predicted octanol–water partition coefficient (Wildman–Crippen LogP) is 1.03. The fourth-order valence-corrected chi connectivity index (χ4v) is 2.65. The van der Waals surface area contributed by atoms with E-state index >= 15 is 0 Å². The zero-order valence-electron chi connectivity index (χ0n) is 11.9. The fraction of sp³-hybridized carbons (Fsp3) is 0.571. The summed E-state index contributed by atoms with van der Waals surface area (Å²) in [6.45, 7) is 3.40. The number of ether oxygens (including phenoxy) is 3. The molecule has 1 aromatic carbocycles. The summed E-state index contributed by atoms with van der Waals surface area (Å²) in [4.78, 5) is 2.33. The number of hydrogen-bond acceptors (Lipinski definition) is 5. The van der Waals surface area contributed by atoms with Gasteiger partial charge in [-0.05, 0) is 6.42 Å². The lowest BCUT2D eigenvalue weighted by Crippen LogP contribution is -2.34. The summed E-state index contributed by atoms with van der Waals surface area (Å²) in [5.74, 6) is 2.41. The average Bonchev–Trinajstić information content (AvgIpc) is 2.45. The molecule has 1 aliphatic heterocycles. The van der Waals surface area contributed by atoms with Gasteiger partial charge in [0.15, 0.2) is 11.5 Å². The molecule has 1 aromatic rings. The van der Waals surface area contributed by atoms with Gasteiger partial charge in [0.05, 0.1) is 21.3 Å². The normalized spacial score (nSPS) is 14.9. The van der Waals surface area contributed by atoms with E-state index in [9.17, 15) is 0 Å². The van der Waals surface area contributed by atoms with E-state index in [-0.39, 0.29) is 0 Å². The van der Waals surface area contributed by atoms with Crippen LogP contribution in [0.3, 0.4) is 0 Å². The number of rotatable bonds is 5. The standard InChI is InChI=1S/C14H22N2O3/c1-17-12-8-13(18-2)14(19-3)10-4-6-16(7-5-15)9-11(10)12/h8H,4-7,9,15H2,1-3H3. The van der Waals surface area contributed by atoms with Gasteiger partial charge < -0.3 is 19.9 Å². The first-order valence-corrected chi connectivity index (χ1v) is 6.48. The number of methoxy groups -OCH3 is 3. The third kappa shape index (κ3) is 2.62. The van der Waals surface area contributed by atoms with Gasteiger partial charge in [0.2, 0.25) is 0 Å². The lowest BCUT2D eigenvalue weighted by molar-refractivity contribution is 0.249. The van der Waals surface area contributed by atoms with Crippen molar-refractivity contribution in [3.8, 4) is 17.2 Å². The van der Waals surface area contributed by atoms with Crippen molar-refractivity contribution in [2.45, 2.75) is 13.0 Å². The van der Waals surface area contributed by atoms with Crippen LogP contribution in [-0.4, -0.2) is 45.9 Å². The summed E-state index contributed by atoms with van der Waals surface area (Å²) in [5, 5.41) is 0. The van der Waals surface area contributed by atoms with Gasteiger partial charge in [-0.1, -0.05) is 0 Å². The van der Waals surface area contributed by atoms with E-state index in [1.165, 1.54) is 11.1 Å². The van der Waals surface area contributed by atoms with Crippen molar-refractivity contribution in [3.63, 3.8) is 0 Å². The number of nitrogens with two attached hydrogens (primary N) is 1. The van der Waals surface area contributed by atoms with Crippen LogP contribution in [0, 0.1) is 0 Å². The van der Waals surface area contributed by atoms with E-state index in [1.807, 2.05) is 6.07 Å². The maximum atomic E-state index is 5.63. The minimum absolute atomic E-state index is 0.672. The summed E-state index contributed by atoms with van der Waals surface area (Å²) in [7, 11) is 5.01. The Morgan fingerprint density at radius 2 is 1.84 bits per heavy atom. The Morgan fingerprint density at radius 3 is 2.42 bits per heavy atom. The summed E-state index contributed by atoms with van der Waals surface area (Å²) in [6, 6.07) is 1.89. The van der Waals surface area contributed by atoms with Crippen molar-refractivity contribution in [1.82, 2.24) is 4.90 Å². The minimum Gasteiger partial charge on any atom is -0.496 e. The predicted molar refractivity (Wildman–Crippen MR) is 74.1 cm³/mol. The highest BCUT2D eigenvalue weighted by Gasteiger charge is 2.25. The Hall–Kier alpha value is -1.46. The van der Waals surface area contributed by atoms with Crippen molar-refractivity contribution in [3.05, 3.63) is 17.2 Å². The van der Waals surface area contributed by atoms with Crippen molar-refractivity contribution in [1.29, 1.82) is 0 Å². The van der Waals surface area contributed by atoms with E-state index in [0.717, 1.165) is 43.3 Å². The molecule has 2 N–H and O–H groups in total. The molecule has 1 aliphatic rings. The van der Waals surface area contributed by atoms with Crippen LogP contribution in [0.1, 0.15) is 11.1 Å². The molecule has 0 unspecified atom stereocenters.